The van der Waals surface area contributed by atoms with Crippen molar-refractivity contribution in [1.29, 1.82) is 0 Å². The van der Waals surface area contributed by atoms with Crippen LogP contribution in [0.5, 0.6) is 5.75 Å². The summed E-state index contributed by atoms with van der Waals surface area (Å²) in [6.45, 7) is 3.08. The highest BCUT2D eigenvalue weighted by molar-refractivity contribution is 5.94. The zero-order chi connectivity index (χ0) is 23.3. The van der Waals surface area contributed by atoms with Gasteiger partial charge in [-0.3, -0.25) is 9.69 Å². The lowest BCUT2D eigenvalue weighted by atomic mass is 9.67. The number of benzene rings is 2. The van der Waals surface area contributed by atoms with Crippen LogP contribution in [-0.4, -0.2) is 42.4 Å². The highest BCUT2D eigenvalue weighted by Gasteiger charge is 2.49. The SMILES string of the molecule is COc1ccc2c3c([nH]c2c1)C(C(=O)C1CCC1)N(Cc1ccccc1F)CC31CCNCC1. The summed E-state index contributed by atoms with van der Waals surface area (Å²) in [5, 5.41) is 4.70. The summed E-state index contributed by atoms with van der Waals surface area (Å²) < 4.78 is 20.2. The molecule has 1 spiro atoms. The Morgan fingerprint density at radius 2 is 1.97 bits per heavy atom. The first kappa shape index (κ1) is 21.8. The number of ether oxygens (including phenoxy) is 1. The number of ketones is 1. The number of nitrogens with zero attached hydrogens (tertiary/aromatic N) is 1. The van der Waals surface area contributed by atoms with E-state index in [0.717, 1.165) is 68.7 Å². The maximum Gasteiger partial charge on any atom is 0.159 e. The number of hydrogen-bond acceptors (Lipinski definition) is 4. The van der Waals surface area contributed by atoms with Crippen LogP contribution in [0.3, 0.4) is 0 Å². The second-order valence-corrected chi connectivity index (χ2v) is 10.3. The van der Waals surface area contributed by atoms with Gasteiger partial charge in [0.1, 0.15) is 17.6 Å². The van der Waals surface area contributed by atoms with Gasteiger partial charge in [-0.15, -0.1) is 0 Å². The average molecular weight is 462 g/mol. The molecular weight excluding hydrogens is 429 g/mol. The van der Waals surface area contributed by atoms with Crippen LogP contribution in [0.25, 0.3) is 10.9 Å². The van der Waals surface area contributed by atoms with Gasteiger partial charge < -0.3 is 15.0 Å². The van der Waals surface area contributed by atoms with E-state index in [2.05, 4.69) is 21.3 Å². The Morgan fingerprint density at radius 3 is 2.68 bits per heavy atom. The van der Waals surface area contributed by atoms with E-state index in [0.29, 0.717) is 12.1 Å². The summed E-state index contributed by atoms with van der Waals surface area (Å²) in [5.74, 6) is 0.981. The van der Waals surface area contributed by atoms with Crippen molar-refractivity contribution < 1.29 is 13.9 Å². The Morgan fingerprint density at radius 1 is 1.18 bits per heavy atom. The third kappa shape index (κ3) is 3.46. The van der Waals surface area contributed by atoms with E-state index in [1.807, 2.05) is 24.3 Å². The lowest BCUT2D eigenvalue weighted by Crippen LogP contribution is -2.54. The third-order valence-electron chi connectivity index (χ3n) is 8.38. The van der Waals surface area contributed by atoms with Crippen LogP contribution in [-0.2, 0) is 16.8 Å². The van der Waals surface area contributed by atoms with Gasteiger partial charge in [0.25, 0.3) is 0 Å². The molecule has 1 aromatic heterocycles. The van der Waals surface area contributed by atoms with Gasteiger partial charge in [-0.2, -0.15) is 0 Å². The lowest BCUT2D eigenvalue weighted by Gasteiger charge is -2.49. The molecule has 3 aliphatic rings. The molecule has 0 bridgehead atoms. The summed E-state index contributed by atoms with van der Waals surface area (Å²) in [6.07, 6.45) is 5.03. The molecule has 1 atom stereocenters. The van der Waals surface area contributed by atoms with Gasteiger partial charge in [-0.05, 0) is 62.5 Å². The molecule has 6 heteroatoms. The molecule has 1 unspecified atom stereocenters. The summed E-state index contributed by atoms with van der Waals surface area (Å²) in [6, 6.07) is 12.8. The molecule has 2 fully saturated rings. The molecule has 0 amide bonds. The zero-order valence-electron chi connectivity index (χ0n) is 19.7. The minimum absolute atomic E-state index is 0.0743. The molecule has 34 heavy (non-hydrogen) atoms. The number of carbonyl (C=O) groups is 1. The average Bonchev–Trinajstić information content (AvgIpc) is 3.19. The van der Waals surface area contributed by atoms with E-state index in [1.165, 1.54) is 17.0 Å². The van der Waals surface area contributed by atoms with Crippen molar-refractivity contribution in [3.63, 3.8) is 0 Å². The monoisotopic (exact) mass is 461 g/mol. The number of fused-ring (bicyclic) bond motifs is 4. The number of aromatic amines is 1. The molecule has 3 aromatic rings. The van der Waals surface area contributed by atoms with Gasteiger partial charge in [-0.1, -0.05) is 24.6 Å². The molecule has 178 valence electrons. The standard InChI is InChI=1S/C28H32FN3O2/c1-34-20-9-10-21-23(15-20)31-25-24(21)28(11-13-30-14-12-28)17-32(16-19-5-2-3-8-22(19)29)26(25)27(33)18-6-4-7-18/h2-3,5,8-10,15,18,26,30-31H,4,6-7,11-14,16-17H2,1H3. The fraction of sp³-hybridized carbons (Fsp3) is 0.464. The first-order valence-electron chi connectivity index (χ1n) is 12.5. The summed E-state index contributed by atoms with van der Waals surface area (Å²) in [7, 11) is 1.68. The van der Waals surface area contributed by atoms with Crippen LogP contribution >= 0.6 is 0 Å². The minimum atomic E-state index is -0.376. The van der Waals surface area contributed by atoms with Gasteiger partial charge in [-0.25, -0.2) is 4.39 Å². The van der Waals surface area contributed by atoms with E-state index in [1.54, 1.807) is 13.2 Å². The predicted octanol–water partition coefficient (Wildman–Crippen LogP) is 4.86. The number of aromatic nitrogens is 1. The van der Waals surface area contributed by atoms with E-state index in [4.69, 9.17) is 4.74 Å². The number of Topliss-reactive ketones (excluding diaryl/α,β-unsaturated/α-hetero) is 1. The molecule has 1 saturated carbocycles. The largest absolute Gasteiger partial charge is 0.497 e. The van der Waals surface area contributed by atoms with Crippen molar-refractivity contribution in [3.8, 4) is 5.75 Å². The second kappa shape index (κ2) is 8.51. The maximum absolute atomic E-state index is 14.7. The van der Waals surface area contributed by atoms with Crippen LogP contribution < -0.4 is 10.1 Å². The number of carbonyl (C=O) groups excluding carboxylic acids is 1. The van der Waals surface area contributed by atoms with Crippen molar-refractivity contribution in [2.45, 2.75) is 50.1 Å². The summed E-state index contributed by atoms with van der Waals surface area (Å²) in [4.78, 5) is 19.8. The summed E-state index contributed by atoms with van der Waals surface area (Å²) in [5.41, 5.74) is 3.91. The van der Waals surface area contributed by atoms with E-state index < -0.39 is 0 Å². The number of methoxy groups -OCH3 is 1. The van der Waals surface area contributed by atoms with Gasteiger partial charge in [0.15, 0.2) is 5.78 Å². The highest BCUT2D eigenvalue weighted by atomic mass is 19.1. The third-order valence-corrected chi connectivity index (χ3v) is 8.38. The fourth-order valence-electron chi connectivity index (χ4n) is 6.39. The fourth-order valence-corrected chi connectivity index (χ4v) is 6.39. The lowest BCUT2D eigenvalue weighted by molar-refractivity contribution is -0.132. The Balaban J connectivity index is 1.53. The second-order valence-electron chi connectivity index (χ2n) is 10.3. The Hall–Kier alpha value is -2.70. The first-order valence-corrected chi connectivity index (χ1v) is 12.5. The Kier molecular flexibility index (Phi) is 5.46. The predicted molar refractivity (Wildman–Crippen MR) is 131 cm³/mol. The topological polar surface area (TPSA) is 57.4 Å². The maximum atomic E-state index is 14.7. The van der Waals surface area contributed by atoms with Gasteiger partial charge >= 0.3 is 0 Å². The van der Waals surface area contributed by atoms with Crippen molar-refractivity contribution in [2.75, 3.05) is 26.7 Å². The molecule has 0 radical (unpaired) electrons. The molecule has 2 aliphatic heterocycles. The van der Waals surface area contributed by atoms with Crippen molar-refractivity contribution in [1.82, 2.24) is 15.2 Å². The molecule has 1 aliphatic carbocycles. The Bertz CT molecular complexity index is 1230. The number of hydrogen-bond donors (Lipinski definition) is 2. The number of nitrogens with one attached hydrogen (secondary N) is 2. The Labute approximate surface area is 199 Å². The number of H-pyrrole nitrogens is 1. The number of piperidine rings is 1. The normalized spacial score (nSPS) is 22.5. The molecule has 6 rings (SSSR count). The van der Waals surface area contributed by atoms with E-state index in [9.17, 15) is 9.18 Å². The quantitative estimate of drug-likeness (QED) is 0.570. The van der Waals surface area contributed by atoms with Crippen LogP contribution in [0, 0.1) is 11.7 Å². The minimum Gasteiger partial charge on any atom is -0.497 e. The van der Waals surface area contributed by atoms with Crippen LogP contribution in [0.2, 0.25) is 0 Å². The van der Waals surface area contributed by atoms with Crippen LogP contribution in [0.1, 0.15) is 55.0 Å². The van der Waals surface area contributed by atoms with Gasteiger partial charge in [0.2, 0.25) is 0 Å². The van der Waals surface area contributed by atoms with Gasteiger partial charge in [0, 0.05) is 52.6 Å². The molecule has 3 heterocycles. The smallest absolute Gasteiger partial charge is 0.159 e. The molecule has 2 aromatic carbocycles. The molecule has 1 saturated heterocycles. The van der Waals surface area contributed by atoms with E-state index >= 15 is 0 Å². The zero-order valence-corrected chi connectivity index (χ0v) is 19.7. The summed E-state index contributed by atoms with van der Waals surface area (Å²) >= 11 is 0. The van der Waals surface area contributed by atoms with Crippen LogP contribution in [0.4, 0.5) is 4.39 Å². The van der Waals surface area contributed by atoms with Crippen molar-refractivity contribution >= 4 is 16.7 Å². The molecule has 5 nitrogen and oxygen atoms in total. The van der Waals surface area contributed by atoms with Crippen LogP contribution in [0.15, 0.2) is 42.5 Å². The van der Waals surface area contributed by atoms with E-state index in [-0.39, 0.29) is 29.0 Å². The highest BCUT2D eigenvalue weighted by Crippen LogP contribution is 2.50. The van der Waals surface area contributed by atoms with Crippen molar-refractivity contribution in [2.24, 2.45) is 5.92 Å². The van der Waals surface area contributed by atoms with Gasteiger partial charge in [0.05, 0.1) is 7.11 Å². The molecule has 2 N–H and O–H groups in total. The van der Waals surface area contributed by atoms with Crippen molar-refractivity contribution in [3.05, 3.63) is 65.1 Å². The number of halogens is 1. The first-order chi connectivity index (χ1) is 16.6. The molecular formula is C28H32FN3O2. The number of rotatable bonds is 5.